The smallest absolute Gasteiger partial charge is 0.252 e. The molecule has 106 valence electrons. The van der Waals surface area contributed by atoms with E-state index >= 15 is 0 Å². The summed E-state index contributed by atoms with van der Waals surface area (Å²) < 4.78 is 5.12. The summed E-state index contributed by atoms with van der Waals surface area (Å²) in [6.07, 6.45) is 0.456. The summed E-state index contributed by atoms with van der Waals surface area (Å²) in [5.41, 5.74) is 2.09. The second-order valence-electron chi connectivity index (χ2n) is 5.24. The summed E-state index contributed by atoms with van der Waals surface area (Å²) in [6, 6.07) is 5.79. The zero-order chi connectivity index (χ0) is 14.5. The van der Waals surface area contributed by atoms with Crippen molar-refractivity contribution < 1.29 is 14.6 Å². The molecule has 1 atom stereocenters. The van der Waals surface area contributed by atoms with E-state index in [2.05, 4.69) is 5.32 Å². The van der Waals surface area contributed by atoms with Crippen LogP contribution in [0.3, 0.4) is 0 Å². The number of carbonyl (C=O) groups excluding carboxylic acids is 1. The fourth-order valence-electron chi connectivity index (χ4n) is 2.06. The number of aryl methyl sites for hydroxylation is 2. The highest BCUT2D eigenvalue weighted by atomic mass is 16.5. The Kier molecular flexibility index (Phi) is 5.51. The Morgan fingerprint density at radius 2 is 2.11 bits per heavy atom. The second-order valence-corrected chi connectivity index (χ2v) is 5.24. The molecule has 4 nitrogen and oxygen atoms in total. The van der Waals surface area contributed by atoms with Crippen molar-refractivity contribution in [3.8, 4) is 0 Å². The number of hydrogen-bond donors (Lipinski definition) is 2. The summed E-state index contributed by atoms with van der Waals surface area (Å²) in [4.78, 5) is 12.3. The predicted molar refractivity (Wildman–Crippen MR) is 75.4 cm³/mol. The predicted octanol–water partition coefficient (Wildman–Crippen LogP) is 1.82. The zero-order valence-corrected chi connectivity index (χ0v) is 12.1. The van der Waals surface area contributed by atoms with Gasteiger partial charge in [0.1, 0.15) is 0 Å². The normalized spacial score (nSPS) is 13.9. The van der Waals surface area contributed by atoms with Crippen molar-refractivity contribution in [1.82, 2.24) is 5.32 Å². The molecule has 0 saturated heterocycles. The summed E-state index contributed by atoms with van der Waals surface area (Å²) in [5, 5.41) is 12.1. The number of rotatable bonds is 6. The molecule has 0 fully saturated rings. The third-order valence-corrected chi connectivity index (χ3v) is 3.18. The van der Waals surface area contributed by atoms with Crippen molar-refractivity contribution in [1.29, 1.82) is 0 Å². The first-order valence-electron chi connectivity index (χ1n) is 6.41. The number of methoxy groups -OCH3 is 1. The summed E-state index contributed by atoms with van der Waals surface area (Å²) in [6.45, 7) is 6.11. The standard InChI is InChI=1S/C15H23NO3/c1-11-5-6-12(2)13(9-11)14(18)16-15(3,7-8-17)10-19-4/h5-6,9,17H,7-8,10H2,1-4H3,(H,16,18)/t15-/m0/s1. The Morgan fingerprint density at radius 3 is 2.68 bits per heavy atom. The van der Waals surface area contributed by atoms with Gasteiger partial charge in [-0.1, -0.05) is 17.7 Å². The Bertz CT molecular complexity index is 437. The first-order valence-corrected chi connectivity index (χ1v) is 6.41. The maximum atomic E-state index is 12.3. The molecule has 0 heterocycles. The topological polar surface area (TPSA) is 58.6 Å². The van der Waals surface area contributed by atoms with E-state index < -0.39 is 5.54 Å². The molecule has 0 spiro atoms. The third kappa shape index (κ3) is 4.33. The SMILES string of the molecule is COC[C@](C)(CCO)NC(=O)c1cc(C)ccc1C. The first kappa shape index (κ1) is 15.7. The molecule has 0 aromatic heterocycles. The third-order valence-electron chi connectivity index (χ3n) is 3.18. The van der Waals surface area contributed by atoms with Gasteiger partial charge in [0, 0.05) is 19.3 Å². The molecule has 1 rings (SSSR count). The molecule has 2 N–H and O–H groups in total. The molecule has 4 heteroatoms. The van der Waals surface area contributed by atoms with Crippen LogP contribution in [0.15, 0.2) is 18.2 Å². The number of amides is 1. The number of aliphatic hydroxyl groups is 1. The Hall–Kier alpha value is -1.39. The quantitative estimate of drug-likeness (QED) is 0.825. The fourth-order valence-corrected chi connectivity index (χ4v) is 2.06. The van der Waals surface area contributed by atoms with Crippen LogP contribution in [0.25, 0.3) is 0 Å². The van der Waals surface area contributed by atoms with Crippen LogP contribution < -0.4 is 5.32 Å². The summed E-state index contributed by atoms with van der Waals surface area (Å²) in [7, 11) is 1.58. The van der Waals surface area contributed by atoms with Crippen molar-refractivity contribution in [2.24, 2.45) is 0 Å². The minimum Gasteiger partial charge on any atom is -0.396 e. The number of carbonyl (C=O) groups is 1. The van der Waals surface area contributed by atoms with E-state index in [0.29, 0.717) is 18.6 Å². The number of hydrogen-bond acceptors (Lipinski definition) is 3. The lowest BCUT2D eigenvalue weighted by Crippen LogP contribution is -2.50. The highest BCUT2D eigenvalue weighted by Gasteiger charge is 2.26. The number of benzene rings is 1. The van der Waals surface area contributed by atoms with Crippen LogP contribution in [-0.2, 0) is 4.74 Å². The molecule has 0 aliphatic heterocycles. The van der Waals surface area contributed by atoms with Gasteiger partial charge in [-0.2, -0.15) is 0 Å². The summed E-state index contributed by atoms with van der Waals surface area (Å²) >= 11 is 0. The Morgan fingerprint density at radius 1 is 1.42 bits per heavy atom. The van der Waals surface area contributed by atoms with Crippen LogP contribution in [-0.4, -0.2) is 36.9 Å². The number of ether oxygens (including phenoxy) is 1. The molecule has 1 aromatic carbocycles. The van der Waals surface area contributed by atoms with Crippen LogP contribution in [0.4, 0.5) is 0 Å². The molecular formula is C15H23NO3. The lowest BCUT2D eigenvalue weighted by Gasteiger charge is -2.29. The maximum absolute atomic E-state index is 12.3. The van der Waals surface area contributed by atoms with E-state index in [0.717, 1.165) is 11.1 Å². The van der Waals surface area contributed by atoms with Gasteiger partial charge in [0.05, 0.1) is 12.1 Å². The first-order chi connectivity index (χ1) is 8.91. The van der Waals surface area contributed by atoms with Crippen molar-refractivity contribution in [2.75, 3.05) is 20.3 Å². The van der Waals surface area contributed by atoms with Gasteiger partial charge in [-0.05, 0) is 38.8 Å². The fraction of sp³-hybridized carbons (Fsp3) is 0.533. The molecule has 19 heavy (non-hydrogen) atoms. The van der Waals surface area contributed by atoms with Gasteiger partial charge in [0.15, 0.2) is 0 Å². The molecule has 0 bridgehead atoms. The molecule has 0 unspecified atom stereocenters. The van der Waals surface area contributed by atoms with E-state index in [9.17, 15) is 4.79 Å². The van der Waals surface area contributed by atoms with Crippen molar-refractivity contribution in [2.45, 2.75) is 32.7 Å². The largest absolute Gasteiger partial charge is 0.396 e. The Balaban J connectivity index is 2.90. The van der Waals surface area contributed by atoms with Crippen LogP contribution in [0, 0.1) is 13.8 Å². The van der Waals surface area contributed by atoms with Gasteiger partial charge in [-0.25, -0.2) is 0 Å². The maximum Gasteiger partial charge on any atom is 0.252 e. The molecule has 0 aliphatic rings. The van der Waals surface area contributed by atoms with E-state index in [1.165, 1.54) is 0 Å². The van der Waals surface area contributed by atoms with E-state index in [-0.39, 0.29) is 12.5 Å². The highest BCUT2D eigenvalue weighted by Crippen LogP contribution is 2.15. The molecule has 1 aromatic rings. The minimum absolute atomic E-state index is 0.00688. The average Bonchev–Trinajstić information content (AvgIpc) is 2.32. The molecule has 0 radical (unpaired) electrons. The van der Waals surface area contributed by atoms with E-state index in [1.54, 1.807) is 7.11 Å². The highest BCUT2D eigenvalue weighted by molar-refractivity contribution is 5.96. The van der Waals surface area contributed by atoms with Crippen molar-refractivity contribution >= 4 is 5.91 Å². The zero-order valence-electron chi connectivity index (χ0n) is 12.1. The molecule has 1 amide bonds. The van der Waals surface area contributed by atoms with Crippen LogP contribution in [0.5, 0.6) is 0 Å². The van der Waals surface area contributed by atoms with Gasteiger partial charge < -0.3 is 15.2 Å². The van der Waals surface area contributed by atoms with Gasteiger partial charge in [0.2, 0.25) is 0 Å². The molecule has 0 saturated carbocycles. The van der Waals surface area contributed by atoms with Crippen LogP contribution >= 0.6 is 0 Å². The van der Waals surface area contributed by atoms with Gasteiger partial charge in [0.25, 0.3) is 5.91 Å². The lowest BCUT2D eigenvalue weighted by molar-refractivity contribution is 0.0725. The second kappa shape index (κ2) is 6.68. The number of aliphatic hydroxyl groups excluding tert-OH is 1. The Labute approximate surface area is 114 Å². The summed E-state index contributed by atoms with van der Waals surface area (Å²) in [5.74, 6) is -0.130. The van der Waals surface area contributed by atoms with Gasteiger partial charge >= 0.3 is 0 Å². The number of nitrogens with one attached hydrogen (secondary N) is 1. The van der Waals surface area contributed by atoms with Crippen molar-refractivity contribution in [3.05, 3.63) is 34.9 Å². The van der Waals surface area contributed by atoms with Crippen LogP contribution in [0.1, 0.15) is 34.8 Å². The van der Waals surface area contributed by atoms with Crippen LogP contribution in [0.2, 0.25) is 0 Å². The van der Waals surface area contributed by atoms with Gasteiger partial charge in [-0.3, -0.25) is 4.79 Å². The average molecular weight is 265 g/mol. The molecule has 0 aliphatic carbocycles. The van der Waals surface area contributed by atoms with Crippen molar-refractivity contribution in [3.63, 3.8) is 0 Å². The van der Waals surface area contributed by atoms with Gasteiger partial charge in [-0.15, -0.1) is 0 Å². The minimum atomic E-state index is -0.559. The van der Waals surface area contributed by atoms with E-state index in [1.807, 2.05) is 39.0 Å². The monoisotopic (exact) mass is 265 g/mol. The lowest BCUT2D eigenvalue weighted by atomic mass is 9.97. The van der Waals surface area contributed by atoms with E-state index in [4.69, 9.17) is 9.84 Å². The molecular weight excluding hydrogens is 242 g/mol.